The largest absolute Gasteiger partial charge is 0.459 e. The van der Waals surface area contributed by atoms with E-state index in [0.29, 0.717) is 70.7 Å². The summed E-state index contributed by atoms with van der Waals surface area (Å²) in [6, 6.07) is 6.91. The standard InChI is InChI=1S/C54H63ClN10O11/c1-24-31(9-11-44(55)71)37-18-38-32(25(2)33(59-38)15-35-26(3)47(28(5)66)40(61-35)17-36-27(4)48(29(6)67)39(62-36)16-34(24)60-37)10-12-45(72)63-52-49-53(57-22-56-52)64(23-58-49)54-42(69)14-30(76-54)21-75-46(73)20-65-13-7-8-41(68)50(65)51(74)43(70)19-65/h15-18,22-23,28-30,41-43,50-51,54,66-70,74H,7-14,19-21H2,1-6H3,(H2-,56,57,59,60,61,62,63,72)/p+1/t28?,29?,30?,41-,42?,43-,50-,51-,54?,65?/m1/s1. The molecular weight excluding hydrogens is 1000 g/mol. The number of carbonyl (C=O) groups is 3. The molecule has 5 aliphatic rings. The molecule has 402 valence electrons. The number of hydrogen-bond acceptors (Lipinski definition) is 16. The summed E-state index contributed by atoms with van der Waals surface area (Å²) in [5.41, 5.74) is 12.0. The molecule has 10 rings (SSSR count). The summed E-state index contributed by atoms with van der Waals surface area (Å²) in [5, 5.41) is 67.4. The first-order chi connectivity index (χ1) is 36.2. The second-order valence-electron chi connectivity index (χ2n) is 21.0. The summed E-state index contributed by atoms with van der Waals surface area (Å²) in [4.78, 5) is 69.8. The molecule has 0 saturated carbocycles. The maximum absolute atomic E-state index is 14.0. The van der Waals surface area contributed by atoms with Crippen molar-refractivity contribution in [2.24, 2.45) is 0 Å². The molecule has 5 aromatic heterocycles. The minimum Gasteiger partial charge on any atom is -0.459 e. The van der Waals surface area contributed by atoms with Gasteiger partial charge in [0.1, 0.15) is 49.9 Å². The molecule has 21 nitrogen and oxygen atoms in total. The van der Waals surface area contributed by atoms with Crippen molar-refractivity contribution in [1.29, 1.82) is 0 Å². The molecule has 5 aliphatic heterocycles. The lowest BCUT2D eigenvalue weighted by atomic mass is 9.94. The fourth-order valence-electron chi connectivity index (χ4n) is 12.2. The van der Waals surface area contributed by atoms with Crippen LogP contribution in [0.2, 0.25) is 0 Å². The lowest BCUT2D eigenvalue weighted by Gasteiger charge is -2.44. The number of halogens is 1. The van der Waals surface area contributed by atoms with Crippen molar-refractivity contribution >= 4 is 90.1 Å². The van der Waals surface area contributed by atoms with E-state index in [9.17, 15) is 45.0 Å². The molecule has 9 N–H and O–H groups in total. The van der Waals surface area contributed by atoms with E-state index < -0.39 is 66.2 Å². The summed E-state index contributed by atoms with van der Waals surface area (Å²) >= 11 is 5.89. The van der Waals surface area contributed by atoms with Crippen LogP contribution in [-0.2, 0) is 23.9 Å². The number of ether oxygens (including phenoxy) is 2. The number of aliphatic hydroxyl groups excluding tert-OH is 6. The SMILES string of the molecule is CC1=C(CCC(=O)Cl)c2cc3nc(cc4[nH]c(cc5[nH]c(cc1n2)c(C(C)O)c5C)c(C(C)O)c4C)C(C)=C3CCC(=O)Nc1ncnc2c1ncn2C1OC(COC(=O)C[N+]23CCC[C@@H](O)[C@@H]2[C@H](O)[C@H](O)C3)CC1O. The van der Waals surface area contributed by atoms with Crippen molar-refractivity contribution in [2.45, 2.75) is 141 Å². The molecule has 22 heteroatoms. The van der Waals surface area contributed by atoms with Crippen molar-refractivity contribution in [1.82, 2.24) is 39.5 Å². The molecule has 3 saturated heterocycles. The average Bonchev–Trinajstić information content (AvgIpc) is 4.24. The third kappa shape index (κ3) is 9.88. The van der Waals surface area contributed by atoms with Crippen LogP contribution in [0.4, 0.5) is 5.82 Å². The van der Waals surface area contributed by atoms with E-state index in [-0.39, 0.29) is 72.8 Å². The number of hydrogen-bond donors (Lipinski definition) is 9. The van der Waals surface area contributed by atoms with E-state index in [1.807, 2.05) is 52.0 Å². The van der Waals surface area contributed by atoms with Crippen molar-refractivity contribution in [2.75, 3.05) is 31.6 Å². The number of aromatic amines is 2. The number of esters is 1. The van der Waals surface area contributed by atoms with Crippen LogP contribution in [0.3, 0.4) is 0 Å². The van der Waals surface area contributed by atoms with Crippen LogP contribution < -0.4 is 5.32 Å². The number of imidazole rings is 1. The molecule has 0 radical (unpaired) electrons. The first-order valence-electron chi connectivity index (χ1n) is 25.8. The molecule has 10 heterocycles. The third-order valence-electron chi connectivity index (χ3n) is 16.0. The monoisotopic (exact) mass is 1060 g/mol. The van der Waals surface area contributed by atoms with Gasteiger partial charge >= 0.3 is 5.97 Å². The highest BCUT2D eigenvalue weighted by atomic mass is 35.5. The number of aliphatic hydroxyl groups is 6. The van der Waals surface area contributed by atoms with Crippen LogP contribution in [0.25, 0.3) is 55.5 Å². The number of piperidine rings is 1. The summed E-state index contributed by atoms with van der Waals surface area (Å²) < 4.78 is 13.4. The van der Waals surface area contributed by atoms with Gasteiger partial charge in [0, 0.05) is 52.5 Å². The summed E-state index contributed by atoms with van der Waals surface area (Å²) in [6.07, 6.45) is -2.85. The predicted molar refractivity (Wildman–Crippen MR) is 281 cm³/mol. The van der Waals surface area contributed by atoms with Gasteiger partial charge in [-0.3, -0.25) is 14.2 Å². The lowest BCUT2D eigenvalue weighted by molar-refractivity contribution is -0.943. The second kappa shape index (κ2) is 20.9. The number of rotatable bonds is 14. The zero-order valence-electron chi connectivity index (χ0n) is 43.2. The van der Waals surface area contributed by atoms with Crippen molar-refractivity contribution < 1.29 is 59.0 Å². The number of carbonyl (C=O) groups excluding carboxylic acids is 3. The molecule has 1 amide bonds. The number of nitrogens with zero attached hydrogens (tertiary/aromatic N) is 7. The number of fused-ring (bicyclic) bond motifs is 10. The Morgan fingerprint density at radius 3 is 2.08 bits per heavy atom. The second-order valence-corrected chi connectivity index (χ2v) is 21.4. The molecule has 76 heavy (non-hydrogen) atoms. The highest BCUT2D eigenvalue weighted by molar-refractivity contribution is 6.63. The molecule has 0 aliphatic carbocycles. The van der Waals surface area contributed by atoms with Crippen molar-refractivity contribution in [3.8, 4) is 0 Å². The maximum atomic E-state index is 14.0. The smallest absolute Gasteiger partial charge is 0.361 e. The summed E-state index contributed by atoms with van der Waals surface area (Å²) in [5.74, 6) is -0.816. The van der Waals surface area contributed by atoms with E-state index in [1.54, 1.807) is 13.8 Å². The van der Waals surface area contributed by atoms with E-state index in [0.717, 1.165) is 44.5 Å². The lowest BCUT2D eigenvalue weighted by Crippen LogP contribution is -2.64. The van der Waals surface area contributed by atoms with E-state index in [4.69, 9.17) is 31.0 Å². The van der Waals surface area contributed by atoms with Gasteiger partial charge < -0.3 is 59.9 Å². The Bertz CT molecular complexity index is 3400. The van der Waals surface area contributed by atoms with Gasteiger partial charge in [-0.2, -0.15) is 0 Å². The number of amides is 1. The Morgan fingerprint density at radius 2 is 1.43 bits per heavy atom. The Hall–Kier alpha value is -6.27. The van der Waals surface area contributed by atoms with Crippen LogP contribution in [0.5, 0.6) is 0 Å². The highest BCUT2D eigenvalue weighted by Gasteiger charge is 2.58. The van der Waals surface area contributed by atoms with Gasteiger partial charge in [-0.05, 0) is 137 Å². The number of aromatic nitrogens is 8. The van der Waals surface area contributed by atoms with Crippen LogP contribution >= 0.6 is 11.6 Å². The van der Waals surface area contributed by atoms with Gasteiger partial charge in [-0.15, -0.1) is 0 Å². The third-order valence-corrected chi connectivity index (χ3v) is 16.2. The first kappa shape index (κ1) is 53.1. The van der Waals surface area contributed by atoms with Gasteiger partial charge in [-0.1, -0.05) is 0 Å². The van der Waals surface area contributed by atoms with Crippen molar-refractivity contribution in [3.63, 3.8) is 0 Å². The van der Waals surface area contributed by atoms with Crippen LogP contribution in [-0.4, -0.2) is 154 Å². The zero-order valence-corrected chi connectivity index (χ0v) is 43.9. The van der Waals surface area contributed by atoms with E-state index >= 15 is 0 Å². The number of quaternary nitrogens is 1. The fourth-order valence-corrected chi connectivity index (χ4v) is 12.3. The van der Waals surface area contributed by atoms with Gasteiger partial charge in [-0.25, -0.2) is 29.7 Å². The number of nitrogens with one attached hydrogen (secondary N) is 3. The zero-order chi connectivity index (χ0) is 54.1. The van der Waals surface area contributed by atoms with Gasteiger partial charge in [0.2, 0.25) is 11.1 Å². The highest BCUT2D eigenvalue weighted by Crippen LogP contribution is 2.41. The Labute approximate surface area is 441 Å². The van der Waals surface area contributed by atoms with Crippen molar-refractivity contribution in [3.05, 3.63) is 81.9 Å². The van der Waals surface area contributed by atoms with E-state index in [2.05, 4.69) is 30.2 Å². The number of allylic oxidation sites excluding steroid dienone is 4. The van der Waals surface area contributed by atoms with Gasteiger partial charge in [0.25, 0.3) is 0 Å². The Morgan fingerprint density at radius 1 is 0.816 bits per heavy atom. The quantitative estimate of drug-likeness (QED) is 0.0389. The summed E-state index contributed by atoms with van der Waals surface area (Å²) in [7, 11) is 0. The van der Waals surface area contributed by atoms with Crippen LogP contribution in [0, 0.1) is 13.8 Å². The number of aryl methyl sites for hydroxylation is 2. The molecule has 3 fully saturated rings. The molecular formula is C54H64ClN10O11+. The maximum Gasteiger partial charge on any atom is 0.361 e. The fraction of sp³-hybridized carbons (Fsp3) is 0.481. The number of H-pyrrole nitrogens is 2. The van der Waals surface area contributed by atoms with E-state index in [1.165, 1.54) is 17.2 Å². The first-order valence-corrected chi connectivity index (χ1v) is 26.2. The summed E-state index contributed by atoms with van der Waals surface area (Å²) in [6.45, 7) is 11.5. The minimum absolute atomic E-state index is 0.00437. The van der Waals surface area contributed by atoms with Gasteiger partial charge in [0.15, 0.2) is 29.8 Å². The van der Waals surface area contributed by atoms with Crippen LogP contribution in [0.1, 0.15) is 136 Å². The molecule has 0 spiro atoms. The topological polar surface area (TPSA) is 304 Å². The Kier molecular flexibility index (Phi) is 14.6. The molecule has 6 unspecified atom stereocenters. The van der Waals surface area contributed by atoms with Gasteiger partial charge in [0.05, 0.1) is 54.0 Å². The minimum atomic E-state index is -1.15. The predicted octanol–water partition coefficient (Wildman–Crippen LogP) is 5.27. The number of anilines is 1. The van der Waals surface area contributed by atoms with Crippen LogP contribution in [0.15, 0.2) is 36.9 Å². The molecule has 0 aromatic carbocycles. The molecule has 10 atom stereocenters. The normalized spacial score (nSPS) is 25.3. The Balaban J connectivity index is 0.905. The molecule has 8 bridgehead atoms. The average molecular weight is 1060 g/mol. The molecule has 5 aromatic rings.